The average molecular weight is 294 g/mol. The maximum atomic E-state index is 13.1. The third kappa shape index (κ3) is 3.24. The Hall–Kier alpha value is -1.06. The van der Waals surface area contributed by atoms with Crippen molar-refractivity contribution in [1.29, 1.82) is 0 Å². The van der Waals surface area contributed by atoms with Crippen LogP contribution in [-0.2, 0) is 9.59 Å². The highest BCUT2D eigenvalue weighted by atomic mass is 16.2. The smallest absolute Gasteiger partial charge is 0.249 e. The molecule has 4 heteroatoms. The van der Waals surface area contributed by atoms with Crippen molar-refractivity contribution >= 4 is 11.8 Å². The minimum Gasteiger partial charge on any atom is -0.340 e. The van der Waals surface area contributed by atoms with Gasteiger partial charge in [-0.05, 0) is 25.2 Å². The average Bonchev–Trinajstić information content (AvgIpc) is 2.49. The van der Waals surface area contributed by atoms with Crippen LogP contribution in [0.3, 0.4) is 0 Å². The summed E-state index contributed by atoms with van der Waals surface area (Å²) in [6, 6.07) is -0.260. The summed E-state index contributed by atoms with van der Waals surface area (Å²) in [5.74, 6) is 0.696. The van der Waals surface area contributed by atoms with E-state index in [1.807, 2.05) is 4.90 Å². The van der Waals surface area contributed by atoms with Crippen molar-refractivity contribution in [2.24, 2.45) is 5.92 Å². The quantitative estimate of drug-likeness (QED) is 0.847. The van der Waals surface area contributed by atoms with Gasteiger partial charge in [-0.15, -0.1) is 0 Å². The van der Waals surface area contributed by atoms with Crippen LogP contribution in [0, 0.1) is 5.92 Å². The van der Waals surface area contributed by atoms with Crippen molar-refractivity contribution in [2.45, 2.75) is 83.7 Å². The highest BCUT2D eigenvalue weighted by Gasteiger charge is 2.50. The molecule has 0 aromatic rings. The van der Waals surface area contributed by atoms with Crippen molar-refractivity contribution < 1.29 is 9.59 Å². The highest BCUT2D eigenvalue weighted by Crippen LogP contribution is 2.34. The Balaban J connectivity index is 2.24. The van der Waals surface area contributed by atoms with Gasteiger partial charge >= 0.3 is 0 Å². The fourth-order valence-electron chi connectivity index (χ4n) is 3.66. The molecule has 2 amide bonds. The molecule has 1 N–H and O–H groups in total. The minimum absolute atomic E-state index is 0.0710. The number of carbonyl (C=O) groups excluding carboxylic acids is 2. The van der Waals surface area contributed by atoms with Crippen LogP contribution in [0.15, 0.2) is 0 Å². The lowest BCUT2D eigenvalue weighted by Gasteiger charge is -2.48. The van der Waals surface area contributed by atoms with Gasteiger partial charge in [-0.25, -0.2) is 0 Å². The Morgan fingerprint density at radius 1 is 1.24 bits per heavy atom. The molecule has 1 saturated heterocycles. The van der Waals surface area contributed by atoms with Gasteiger partial charge in [0, 0.05) is 6.54 Å². The number of rotatable bonds is 5. The number of hydrogen-bond acceptors (Lipinski definition) is 2. The molecule has 1 heterocycles. The van der Waals surface area contributed by atoms with E-state index in [1.165, 1.54) is 6.42 Å². The van der Waals surface area contributed by atoms with Crippen LogP contribution >= 0.6 is 0 Å². The van der Waals surface area contributed by atoms with E-state index in [0.29, 0.717) is 5.92 Å². The maximum Gasteiger partial charge on any atom is 0.249 e. The Kier molecular flexibility index (Phi) is 5.28. The van der Waals surface area contributed by atoms with Crippen molar-refractivity contribution in [2.75, 3.05) is 6.54 Å². The highest BCUT2D eigenvalue weighted by molar-refractivity contribution is 5.99. The summed E-state index contributed by atoms with van der Waals surface area (Å²) in [7, 11) is 0. The first-order valence-corrected chi connectivity index (χ1v) is 8.67. The normalized spacial score (nSPS) is 26.8. The largest absolute Gasteiger partial charge is 0.340 e. The lowest BCUT2D eigenvalue weighted by atomic mass is 9.78. The number of hydrogen-bond donors (Lipinski definition) is 1. The Bertz CT molecular complexity index is 388. The monoisotopic (exact) mass is 294 g/mol. The van der Waals surface area contributed by atoms with Gasteiger partial charge in [0.2, 0.25) is 11.8 Å². The minimum atomic E-state index is -0.590. The molecule has 1 aliphatic carbocycles. The molecule has 0 aromatic heterocycles. The summed E-state index contributed by atoms with van der Waals surface area (Å²) < 4.78 is 0. The maximum absolute atomic E-state index is 13.1. The van der Waals surface area contributed by atoms with Crippen molar-refractivity contribution in [3.8, 4) is 0 Å². The fourth-order valence-corrected chi connectivity index (χ4v) is 3.66. The molecule has 0 aromatic carbocycles. The van der Waals surface area contributed by atoms with Crippen LogP contribution in [0.1, 0.15) is 72.1 Å². The van der Waals surface area contributed by atoms with E-state index in [9.17, 15) is 9.59 Å². The lowest BCUT2D eigenvalue weighted by Crippen LogP contribution is -2.71. The van der Waals surface area contributed by atoms with Gasteiger partial charge in [-0.3, -0.25) is 9.59 Å². The van der Waals surface area contributed by atoms with Gasteiger partial charge in [-0.1, -0.05) is 52.9 Å². The Morgan fingerprint density at radius 2 is 1.90 bits per heavy atom. The van der Waals surface area contributed by atoms with Gasteiger partial charge in [-0.2, -0.15) is 0 Å². The third-order valence-electron chi connectivity index (χ3n) is 5.19. The molecule has 1 spiro atoms. The SMILES string of the molecule is CCCC1C(=O)NC2(CCCCC2)C(=O)N1CC(C)CC. The molecular formula is C17H30N2O2. The second-order valence-electron chi connectivity index (χ2n) is 6.91. The van der Waals surface area contributed by atoms with Crippen LogP contribution in [0.4, 0.5) is 0 Å². The summed E-state index contributed by atoms with van der Waals surface area (Å²) >= 11 is 0. The molecule has 4 nitrogen and oxygen atoms in total. The standard InChI is InChI=1S/C17H30N2O2/c1-4-9-14-15(20)18-17(10-7-6-8-11-17)16(21)19(14)12-13(3)5-2/h13-14H,4-12H2,1-3H3,(H,18,20). The summed E-state index contributed by atoms with van der Waals surface area (Å²) in [4.78, 5) is 27.6. The molecule has 0 bridgehead atoms. The first-order chi connectivity index (χ1) is 10.0. The fraction of sp³-hybridized carbons (Fsp3) is 0.882. The topological polar surface area (TPSA) is 49.4 Å². The van der Waals surface area contributed by atoms with E-state index < -0.39 is 5.54 Å². The van der Waals surface area contributed by atoms with Crippen molar-refractivity contribution in [3.05, 3.63) is 0 Å². The molecule has 1 aliphatic heterocycles. The molecule has 2 atom stereocenters. The predicted octanol–water partition coefficient (Wildman–Crippen LogP) is 2.86. The van der Waals surface area contributed by atoms with E-state index in [0.717, 1.165) is 51.5 Å². The van der Waals surface area contributed by atoms with E-state index >= 15 is 0 Å². The second kappa shape index (κ2) is 6.80. The van der Waals surface area contributed by atoms with Crippen LogP contribution in [0.2, 0.25) is 0 Å². The third-order valence-corrected chi connectivity index (χ3v) is 5.19. The number of nitrogens with one attached hydrogen (secondary N) is 1. The zero-order chi connectivity index (χ0) is 15.5. The van der Waals surface area contributed by atoms with Crippen LogP contribution in [-0.4, -0.2) is 34.8 Å². The molecule has 0 radical (unpaired) electrons. The van der Waals surface area contributed by atoms with Crippen LogP contribution < -0.4 is 5.32 Å². The Labute approximate surface area is 128 Å². The Morgan fingerprint density at radius 3 is 2.48 bits per heavy atom. The number of piperazine rings is 1. The van der Waals surface area contributed by atoms with Gasteiger partial charge < -0.3 is 10.2 Å². The van der Waals surface area contributed by atoms with Crippen molar-refractivity contribution in [3.63, 3.8) is 0 Å². The van der Waals surface area contributed by atoms with Gasteiger partial charge in [0.15, 0.2) is 0 Å². The second-order valence-corrected chi connectivity index (χ2v) is 6.91. The van der Waals surface area contributed by atoms with Gasteiger partial charge in [0.25, 0.3) is 0 Å². The first kappa shape index (κ1) is 16.3. The zero-order valence-corrected chi connectivity index (χ0v) is 13.8. The van der Waals surface area contributed by atoms with Gasteiger partial charge in [0.05, 0.1) is 0 Å². The van der Waals surface area contributed by atoms with Gasteiger partial charge in [0.1, 0.15) is 11.6 Å². The van der Waals surface area contributed by atoms with E-state index in [2.05, 4.69) is 26.1 Å². The summed E-state index contributed by atoms with van der Waals surface area (Å²) in [5, 5.41) is 3.11. The molecule has 1 saturated carbocycles. The predicted molar refractivity (Wildman–Crippen MR) is 83.8 cm³/mol. The lowest BCUT2D eigenvalue weighted by molar-refractivity contribution is -0.157. The summed E-state index contributed by atoms with van der Waals surface area (Å²) in [6.07, 6.45) is 7.62. The molecule has 21 heavy (non-hydrogen) atoms. The van der Waals surface area contributed by atoms with Crippen molar-refractivity contribution in [1.82, 2.24) is 10.2 Å². The van der Waals surface area contributed by atoms with Crippen LogP contribution in [0.25, 0.3) is 0 Å². The molecule has 2 unspecified atom stereocenters. The number of amides is 2. The number of nitrogens with zero attached hydrogens (tertiary/aromatic N) is 1. The summed E-state index contributed by atoms with van der Waals surface area (Å²) in [5.41, 5.74) is -0.590. The molecule has 2 fully saturated rings. The summed E-state index contributed by atoms with van der Waals surface area (Å²) in [6.45, 7) is 7.10. The van der Waals surface area contributed by atoms with E-state index in [1.54, 1.807) is 0 Å². The van der Waals surface area contributed by atoms with Crippen LogP contribution in [0.5, 0.6) is 0 Å². The van der Waals surface area contributed by atoms with E-state index in [4.69, 9.17) is 0 Å². The molecule has 2 aliphatic rings. The molecule has 2 rings (SSSR count). The zero-order valence-electron chi connectivity index (χ0n) is 13.8. The van der Waals surface area contributed by atoms with E-state index in [-0.39, 0.29) is 17.9 Å². The number of carbonyl (C=O) groups is 2. The molecular weight excluding hydrogens is 264 g/mol. The first-order valence-electron chi connectivity index (χ1n) is 8.67. The molecule has 120 valence electrons.